The van der Waals surface area contributed by atoms with Gasteiger partial charge in [-0.2, -0.15) is 0 Å². The summed E-state index contributed by atoms with van der Waals surface area (Å²) < 4.78 is 2.82. The van der Waals surface area contributed by atoms with Gasteiger partial charge in [-0.3, -0.25) is 9.59 Å². The number of rotatable bonds is 3. The van der Waals surface area contributed by atoms with Crippen LogP contribution in [-0.4, -0.2) is 33.7 Å². The van der Waals surface area contributed by atoms with Gasteiger partial charge in [0.25, 0.3) is 0 Å². The van der Waals surface area contributed by atoms with E-state index in [4.69, 9.17) is 0 Å². The molecule has 122 valence electrons. The number of hydrogen-bond acceptors (Lipinski definition) is 2. The summed E-state index contributed by atoms with van der Waals surface area (Å²) in [4.78, 5) is 26.1. The SMILES string of the molecule is CC1CCCC(C)N1C(=O)Cn1cc(C=O)c2cc(Br)ccc21. The Morgan fingerprint density at radius 2 is 2.00 bits per heavy atom. The van der Waals surface area contributed by atoms with Crippen LogP contribution in [0.15, 0.2) is 28.9 Å². The molecule has 2 unspecified atom stereocenters. The largest absolute Gasteiger partial charge is 0.337 e. The molecule has 0 saturated carbocycles. The molecule has 2 aromatic rings. The lowest BCUT2D eigenvalue weighted by atomic mass is 9.97. The number of aldehydes is 1. The van der Waals surface area contributed by atoms with Crippen molar-refractivity contribution in [3.63, 3.8) is 0 Å². The number of carbonyl (C=O) groups is 2. The highest BCUT2D eigenvalue weighted by molar-refractivity contribution is 9.10. The molecule has 1 aromatic carbocycles. The third-order valence-corrected chi connectivity index (χ3v) is 5.28. The van der Waals surface area contributed by atoms with E-state index in [1.54, 1.807) is 6.20 Å². The number of aromatic nitrogens is 1. The van der Waals surface area contributed by atoms with Crippen molar-refractivity contribution >= 4 is 39.0 Å². The first kappa shape index (κ1) is 16.2. The molecule has 23 heavy (non-hydrogen) atoms. The van der Waals surface area contributed by atoms with Gasteiger partial charge in [0.1, 0.15) is 6.54 Å². The van der Waals surface area contributed by atoms with Gasteiger partial charge in [0, 0.05) is 39.2 Å². The fraction of sp³-hybridized carbons (Fsp3) is 0.444. The van der Waals surface area contributed by atoms with E-state index in [2.05, 4.69) is 29.8 Å². The first-order valence-corrected chi connectivity index (χ1v) is 8.85. The van der Waals surface area contributed by atoms with Gasteiger partial charge in [-0.25, -0.2) is 0 Å². The first-order chi connectivity index (χ1) is 11.0. The molecule has 0 N–H and O–H groups in total. The average Bonchev–Trinajstić information content (AvgIpc) is 2.84. The number of fused-ring (bicyclic) bond motifs is 1. The molecule has 4 nitrogen and oxygen atoms in total. The van der Waals surface area contributed by atoms with Crippen molar-refractivity contribution in [1.29, 1.82) is 0 Å². The van der Waals surface area contributed by atoms with E-state index in [0.29, 0.717) is 5.56 Å². The minimum Gasteiger partial charge on any atom is -0.337 e. The normalized spacial score (nSPS) is 21.6. The maximum atomic E-state index is 12.8. The lowest BCUT2D eigenvalue weighted by Gasteiger charge is -2.39. The molecule has 0 radical (unpaired) electrons. The Balaban J connectivity index is 1.92. The van der Waals surface area contributed by atoms with Crippen molar-refractivity contribution in [3.05, 3.63) is 34.4 Å². The number of benzene rings is 1. The molecule has 3 rings (SSSR count). The van der Waals surface area contributed by atoms with E-state index < -0.39 is 0 Å². The quantitative estimate of drug-likeness (QED) is 0.759. The number of carbonyl (C=O) groups excluding carboxylic acids is 2. The van der Waals surface area contributed by atoms with E-state index in [1.165, 1.54) is 6.42 Å². The van der Waals surface area contributed by atoms with Gasteiger partial charge in [-0.15, -0.1) is 0 Å². The maximum absolute atomic E-state index is 12.8. The number of amides is 1. The summed E-state index contributed by atoms with van der Waals surface area (Å²) in [5, 5.41) is 0.877. The lowest BCUT2D eigenvalue weighted by molar-refractivity contribution is -0.137. The minimum atomic E-state index is 0.127. The van der Waals surface area contributed by atoms with Crippen molar-refractivity contribution in [2.24, 2.45) is 0 Å². The molecule has 0 bridgehead atoms. The van der Waals surface area contributed by atoms with E-state index in [0.717, 1.165) is 34.5 Å². The van der Waals surface area contributed by atoms with Crippen LogP contribution in [0.2, 0.25) is 0 Å². The molecule has 1 amide bonds. The molecule has 1 aromatic heterocycles. The summed E-state index contributed by atoms with van der Waals surface area (Å²) in [5.41, 5.74) is 1.54. The molecule has 2 atom stereocenters. The number of nitrogens with zero attached hydrogens (tertiary/aromatic N) is 2. The molecule has 1 saturated heterocycles. The highest BCUT2D eigenvalue weighted by Crippen LogP contribution is 2.26. The second-order valence-electron chi connectivity index (χ2n) is 6.42. The molecule has 0 aliphatic carbocycles. The smallest absolute Gasteiger partial charge is 0.242 e. The van der Waals surface area contributed by atoms with E-state index >= 15 is 0 Å². The van der Waals surface area contributed by atoms with Crippen LogP contribution in [0, 0.1) is 0 Å². The zero-order valence-corrected chi connectivity index (χ0v) is 15.0. The Bertz CT molecular complexity index is 743. The molecule has 2 heterocycles. The Morgan fingerprint density at radius 3 is 2.65 bits per heavy atom. The minimum absolute atomic E-state index is 0.127. The summed E-state index contributed by atoms with van der Waals surface area (Å²) in [7, 11) is 0. The fourth-order valence-corrected chi connectivity index (χ4v) is 4.02. The zero-order valence-electron chi connectivity index (χ0n) is 13.5. The maximum Gasteiger partial charge on any atom is 0.242 e. The second-order valence-corrected chi connectivity index (χ2v) is 7.34. The van der Waals surface area contributed by atoms with Gasteiger partial charge < -0.3 is 9.47 Å². The Labute approximate surface area is 144 Å². The molecular formula is C18H21BrN2O2. The van der Waals surface area contributed by atoms with Crippen molar-refractivity contribution in [2.45, 2.75) is 51.7 Å². The van der Waals surface area contributed by atoms with Crippen LogP contribution >= 0.6 is 15.9 Å². The van der Waals surface area contributed by atoms with Crippen molar-refractivity contribution in [2.75, 3.05) is 0 Å². The van der Waals surface area contributed by atoms with Gasteiger partial charge in [-0.05, 0) is 51.3 Å². The van der Waals surface area contributed by atoms with Gasteiger partial charge in [0.2, 0.25) is 5.91 Å². The second kappa shape index (κ2) is 6.48. The van der Waals surface area contributed by atoms with Gasteiger partial charge in [-0.1, -0.05) is 15.9 Å². The third kappa shape index (κ3) is 3.07. The van der Waals surface area contributed by atoms with Crippen LogP contribution in [0.4, 0.5) is 0 Å². The van der Waals surface area contributed by atoms with Gasteiger partial charge >= 0.3 is 0 Å². The lowest BCUT2D eigenvalue weighted by Crippen LogP contribution is -2.48. The predicted molar refractivity (Wildman–Crippen MR) is 94.6 cm³/mol. The highest BCUT2D eigenvalue weighted by Gasteiger charge is 2.29. The Morgan fingerprint density at radius 1 is 1.30 bits per heavy atom. The Kier molecular flexibility index (Phi) is 4.57. The van der Waals surface area contributed by atoms with E-state index in [-0.39, 0.29) is 24.5 Å². The number of likely N-dealkylation sites (tertiary alicyclic amines) is 1. The standard InChI is InChI=1S/C18H21BrN2O2/c1-12-4-3-5-13(2)21(12)18(23)10-20-9-14(11-22)16-8-15(19)6-7-17(16)20/h6-9,11-13H,3-5,10H2,1-2H3. The van der Waals surface area contributed by atoms with Gasteiger partial charge in [0.05, 0.1) is 0 Å². The summed E-state index contributed by atoms with van der Waals surface area (Å²) in [6.45, 7) is 4.52. The average molecular weight is 377 g/mol. The van der Waals surface area contributed by atoms with Crippen LogP contribution < -0.4 is 0 Å². The zero-order chi connectivity index (χ0) is 16.6. The van der Waals surface area contributed by atoms with Crippen LogP contribution in [0.3, 0.4) is 0 Å². The third-order valence-electron chi connectivity index (χ3n) is 4.79. The Hall–Kier alpha value is -1.62. The van der Waals surface area contributed by atoms with Crippen LogP contribution in [0.25, 0.3) is 10.9 Å². The van der Waals surface area contributed by atoms with Crippen LogP contribution in [0.5, 0.6) is 0 Å². The molecule has 1 aliphatic rings. The predicted octanol–water partition coefficient (Wildman–Crippen LogP) is 4.01. The van der Waals surface area contributed by atoms with Crippen molar-refractivity contribution in [1.82, 2.24) is 9.47 Å². The van der Waals surface area contributed by atoms with Crippen LogP contribution in [0.1, 0.15) is 43.5 Å². The topological polar surface area (TPSA) is 42.3 Å². The number of hydrogen-bond donors (Lipinski definition) is 0. The van der Waals surface area contributed by atoms with Crippen LogP contribution in [-0.2, 0) is 11.3 Å². The van der Waals surface area contributed by atoms with Crippen molar-refractivity contribution in [3.8, 4) is 0 Å². The van der Waals surface area contributed by atoms with E-state index in [1.807, 2.05) is 27.7 Å². The van der Waals surface area contributed by atoms with Gasteiger partial charge in [0.15, 0.2) is 6.29 Å². The fourth-order valence-electron chi connectivity index (χ4n) is 3.66. The van der Waals surface area contributed by atoms with E-state index in [9.17, 15) is 9.59 Å². The number of halogens is 1. The highest BCUT2D eigenvalue weighted by atomic mass is 79.9. The van der Waals surface area contributed by atoms with Crippen molar-refractivity contribution < 1.29 is 9.59 Å². The first-order valence-electron chi connectivity index (χ1n) is 8.06. The summed E-state index contributed by atoms with van der Waals surface area (Å²) in [6.07, 6.45) is 5.94. The molecule has 1 fully saturated rings. The monoisotopic (exact) mass is 376 g/mol. The summed E-state index contributed by atoms with van der Waals surface area (Å²) in [5.74, 6) is 0.127. The molecular weight excluding hydrogens is 356 g/mol. The molecule has 0 spiro atoms. The summed E-state index contributed by atoms with van der Waals surface area (Å²) in [6, 6.07) is 6.37. The number of piperidine rings is 1. The summed E-state index contributed by atoms with van der Waals surface area (Å²) >= 11 is 3.43. The molecule has 1 aliphatic heterocycles. The molecule has 5 heteroatoms.